The molecule has 1 atom stereocenters. The van der Waals surface area contributed by atoms with E-state index in [9.17, 15) is 14.7 Å². The van der Waals surface area contributed by atoms with Gasteiger partial charge in [-0.2, -0.15) is 0 Å². The van der Waals surface area contributed by atoms with Gasteiger partial charge in [0, 0.05) is 31.7 Å². The van der Waals surface area contributed by atoms with Crippen molar-refractivity contribution in [1.82, 2.24) is 9.80 Å². The lowest BCUT2D eigenvalue weighted by Gasteiger charge is -2.29. The first-order chi connectivity index (χ1) is 17.8. The zero-order valence-corrected chi connectivity index (χ0v) is 22.3. The van der Waals surface area contributed by atoms with E-state index in [-0.39, 0.29) is 11.3 Å². The smallest absolute Gasteiger partial charge is 0.295 e. The van der Waals surface area contributed by atoms with Crippen LogP contribution in [0.25, 0.3) is 5.76 Å². The summed E-state index contributed by atoms with van der Waals surface area (Å²) < 4.78 is 11.2. The first-order valence-electron chi connectivity index (χ1n) is 13.1. The molecule has 2 heterocycles. The summed E-state index contributed by atoms with van der Waals surface area (Å²) in [7, 11) is 0. The highest BCUT2D eigenvalue weighted by atomic mass is 16.5. The van der Waals surface area contributed by atoms with Crippen molar-refractivity contribution in [3.63, 3.8) is 0 Å². The Labute approximate surface area is 219 Å². The van der Waals surface area contributed by atoms with Gasteiger partial charge >= 0.3 is 0 Å². The molecule has 2 aromatic carbocycles. The highest BCUT2D eigenvalue weighted by molar-refractivity contribution is 6.46. The number of aliphatic hydroxyl groups is 1. The molecule has 0 unspecified atom stereocenters. The highest BCUT2D eigenvalue weighted by Crippen LogP contribution is 2.40. The number of benzene rings is 2. The van der Waals surface area contributed by atoms with Crippen LogP contribution in [0.5, 0.6) is 5.75 Å². The number of amides is 1. The Kier molecular flexibility index (Phi) is 8.67. The molecule has 1 N–H and O–H groups in total. The summed E-state index contributed by atoms with van der Waals surface area (Å²) in [6.07, 6.45) is 0.732. The molecule has 0 saturated carbocycles. The van der Waals surface area contributed by atoms with Crippen molar-refractivity contribution in [2.24, 2.45) is 5.92 Å². The first-order valence-corrected chi connectivity index (χ1v) is 13.1. The second-order valence-corrected chi connectivity index (χ2v) is 10.4. The minimum atomic E-state index is -0.644. The van der Waals surface area contributed by atoms with Crippen LogP contribution in [0, 0.1) is 19.8 Å². The van der Waals surface area contributed by atoms with Crippen LogP contribution in [0.4, 0.5) is 0 Å². The monoisotopic (exact) mass is 506 g/mol. The van der Waals surface area contributed by atoms with E-state index >= 15 is 0 Å². The third kappa shape index (κ3) is 6.22. The van der Waals surface area contributed by atoms with Gasteiger partial charge < -0.3 is 19.5 Å². The molecule has 0 aliphatic carbocycles. The third-order valence-electron chi connectivity index (χ3n) is 6.95. The van der Waals surface area contributed by atoms with Crippen LogP contribution >= 0.6 is 0 Å². The summed E-state index contributed by atoms with van der Waals surface area (Å²) >= 11 is 0. The van der Waals surface area contributed by atoms with E-state index in [1.807, 2.05) is 44.2 Å². The number of morpholine rings is 1. The average molecular weight is 507 g/mol. The molecular formula is C30H38N2O5. The molecule has 0 radical (unpaired) electrons. The summed E-state index contributed by atoms with van der Waals surface area (Å²) in [6.45, 7) is 13.0. The topological polar surface area (TPSA) is 79.3 Å². The first kappa shape index (κ1) is 26.9. The molecule has 198 valence electrons. The van der Waals surface area contributed by atoms with E-state index in [1.165, 1.54) is 0 Å². The number of ketones is 1. The number of aryl methyl sites for hydroxylation is 2. The number of rotatable bonds is 9. The largest absolute Gasteiger partial charge is 0.507 e. The Hall–Kier alpha value is -3.16. The number of carbonyl (C=O) groups excluding carboxylic acids is 2. The van der Waals surface area contributed by atoms with E-state index in [0.717, 1.165) is 42.7 Å². The molecule has 4 rings (SSSR count). The van der Waals surface area contributed by atoms with Crippen LogP contribution in [-0.4, -0.2) is 72.6 Å². The van der Waals surface area contributed by atoms with Crippen LogP contribution in [0.1, 0.15) is 48.6 Å². The van der Waals surface area contributed by atoms with Gasteiger partial charge in [-0.3, -0.25) is 14.5 Å². The van der Waals surface area contributed by atoms with Crippen LogP contribution in [0.15, 0.2) is 48.0 Å². The number of aliphatic hydroxyl groups excluding tert-OH is 1. The minimum absolute atomic E-state index is 0.138. The molecule has 2 aliphatic rings. The SMILES string of the molecule is Cc1ccc([C@H]2C(=C(O)c3ccc(OCC(C)C)cc3C)C(=O)C(=O)N2CCCN2CCOCC2)cc1. The molecule has 0 spiro atoms. The predicted octanol–water partition coefficient (Wildman–Crippen LogP) is 4.48. The number of carbonyl (C=O) groups is 2. The summed E-state index contributed by atoms with van der Waals surface area (Å²) in [6, 6.07) is 12.6. The van der Waals surface area contributed by atoms with Crippen molar-refractivity contribution in [3.05, 3.63) is 70.3 Å². The molecule has 2 aliphatic heterocycles. The lowest BCUT2D eigenvalue weighted by molar-refractivity contribution is -0.140. The van der Waals surface area contributed by atoms with Gasteiger partial charge in [0.25, 0.3) is 11.7 Å². The highest BCUT2D eigenvalue weighted by Gasteiger charge is 2.46. The van der Waals surface area contributed by atoms with Gasteiger partial charge in [-0.25, -0.2) is 0 Å². The summed E-state index contributed by atoms with van der Waals surface area (Å²) in [5.41, 5.74) is 3.34. The summed E-state index contributed by atoms with van der Waals surface area (Å²) in [4.78, 5) is 30.5. The number of Topliss-reactive ketones (excluding diaryl/α,β-unsaturated/α-hetero) is 1. The van der Waals surface area contributed by atoms with Crippen molar-refractivity contribution >= 4 is 17.4 Å². The molecule has 7 nitrogen and oxygen atoms in total. The standard InChI is InChI=1S/C30H38N2O5/c1-20(2)19-37-24-10-11-25(22(4)18-24)28(33)26-27(23-8-6-21(3)7-9-23)32(30(35)29(26)34)13-5-12-31-14-16-36-17-15-31/h6-11,18,20,27,33H,5,12-17,19H2,1-4H3/t27-/m0/s1. The fraction of sp³-hybridized carbons (Fsp3) is 0.467. The lowest BCUT2D eigenvalue weighted by Crippen LogP contribution is -2.38. The fourth-order valence-electron chi connectivity index (χ4n) is 4.89. The maximum absolute atomic E-state index is 13.3. The zero-order valence-electron chi connectivity index (χ0n) is 22.3. The molecule has 2 fully saturated rings. The Bertz CT molecular complexity index is 1150. The molecule has 0 bridgehead atoms. The van der Waals surface area contributed by atoms with E-state index in [0.29, 0.717) is 43.6 Å². The summed E-state index contributed by atoms with van der Waals surface area (Å²) in [5.74, 6) is -0.256. The maximum atomic E-state index is 13.3. The van der Waals surface area contributed by atoms with Crippen LogP contribution in [0.3, 0.4) is 0 Å². The van der Waals surface area contributed by atoms with Gasteiger partial charge in [0.2, 0.25) is 0 Å². The van der Waals surface area contributed by atoms with Crippen LogP contribution in [0.2, 0.25) is 0 Å². The Morgan fingerprint density at radius 1 is 1.05 bits per heavy atom. The van der Waals surface area contributed by atoms with Crippen molar-refractivity contribution in [3.8, 4) is 5.75 Å². The maximum Gasteiger partial charge on any atom is 0.295 e. The van der Waals surface area contributed by atoms with Crippen LogP contribution in [-0.2, 0) is 14.3 Å². The Morgan fingerprint density at radius 2 is 1.76 bits per heavy atom. The molecule has 7 heteroatoms. The average Bonchev–Trinajstić information content (AvgIpc) is 3.13. The zero-order chi connectivity index (χ0) is 26.5. The molecule has 2 aromatic rings. The van der Waals surface area contributed by atoms with Gasteiger partial charge in [-0.15, -0.1) is 0 Å². The molecular weight excluding hydrogens is 468 g/mol. The number of hydrogen-bond acceptors (Lipinski definition) is 6. The Balaban J connectivity index is 1.65. The molecule has 37 heavy (non-hydrogen) atoms. The molecule has 0 aromatic heterocycles. The number of likely N-dealkylation sites (tertiary alicyclic amines) is 1. The van der Waals surface area contributed by atoms with E-state index in [2.05, 4.69) is 18.7 Å². The van der Waals surface area contributed by atoms with Crippen molar-refractivity contribution in [2.45, 2.75) is 40.2 Å². The second-order valence-electron chi connectivity index (χ2n) is 10.4. The van der Waals surface area contributed by atoms with Gasteiger partial charge in [0.05, 0.1) is 31.4 Å². The minimum Gasteiger partial charge on any atom is -0.507 e. The second kappa shape index (κ2) is 11.9. The number of nitrogens with zero attached hydrogens (tertiary/aromatic N) is 2. The Morgan fingerprint density at radius 3 is 2.41 bits per heavy atom. The number of hydrogen-bond donors (Lipinski definition) is 1. The molecule has 1 amide bonds. The van der Waals surface area contributed by atoms with Crippen molar-refractivity contribution < 1.29 is 24.2 Å². The normalized spacial score (nSPS) is 20.1. The van der Waals surface area contributed by atoms with Crippen molar-refractivity contribution in [2.75, 3.05) is 46.0 Å². The van der Waals surface area contributed by atoms with E-state index < -0.39 is 17.7 Å². The van der Waals surface area contributed by atoms with Gasteiger partial charge in [0.15, 0.2) is 0 Å². The van der Waals surface area contributed by atoms with Gasteiger partial charge in [-0.05, 0) is 55.5 Å². The predicted molar refractivity (Wildman–Crippen MR) is 144 cm³/mol. The summed E-state index contributed by atoms with van der Waals surface area (Å²) in [5, 5.41) is 11.4. The number of ether oxygens (including phenoxy) is 2. The van der Waals surface area contributed by atoms with Crippen molar-refractivity contribution in [1.29, 1.82) is 0 Å². The third-order valence-corrected chi connectivity index (χ3v) is 6.95. The van der Waals surface area contributed by atoms with E-state index in [4.69, 9.17) is 9.47 Å². The fourth-order valence-corrected chi connectivity index (χ4v) is 4.89. The van der Waals surface area contributed by atoms with Crippen LogP contribution < -0.4 is 4.74 Å². The molecule has 2 saturated heterocycles. The van der Waals surface area contributed by atoms with E-state index in [1.54, 1.807) is 17.0 Å². The van der Waals surface area contributed by atoms with Gasteiger partial charge in [0.1, 0.15) is 11.5 Å². The lowest BCUT2D eigenvalue weighted by atomic mass is 9.93. The quantitative estimate of drug-likeness (QED) is 0.307. The van der Waals surface area contributed by atoms with Gasteiger partial charge in [-0.1, -0.05) is 43.7 Å².